The number of halogens is 1. The fourth-order valence-corrected chi connectivity index (χ4v) is 3.66. The van der Waals surface area contributed by atoms with Gasteiger partial charge in [-0.1, -0.05) is 55.8 Å². The zero-order valence-corrected chi connectivity index (χ0v) is 16.0. The molecule has 0 aromatic heterocycles. The Morgan fingerprint density at radius 2 is 1.68 bits per heavy atom. The third-order valence-corrected chi connectivity index (χ3v) is 5.30. The van der Waals surface area contributed by atoms with Crippen LogP contribution in [0, 0.1) is 0 Å². The summed E-state index contributed by atoms with van der Waals surface area (Å²) in [6.45, 7) is 1.48. The molecule has 1 aromatic rings. The maximum Gasteiger partial charge on any atom is 0.224 e. The zero-order valence-electron chi connectivity index (χ0n) is 15.3. The fourth-order valence-electron chi connectivity index (χ4n) is 3.54. The van der Waals surface area contributed by atoms with Crippen LogP contribution in [-0.4, -0.2) is 29.8 Å². The van der Waals surface area contributed by atoms with E-state index >= 15 is 0 Å². The van der Waals surface area contributed by atoms with E-state index in [1.807, 2.05) is 24.1 Å². The highest BCUT2D eigenvalue weighted by Gasteiger charge is 2.24. The molecule has 0 aliphatic heterocycles. The normalized spacial score (nSPS) is 17.2. The Morgan fingerprint density at radius 1 is 1.12 bits per heavy atom. The first-order valence-electron chi connectivity index (χ1n) is 9.25. The SMILES string of the molecule is CC(=O)N[C@H](CC(=O)N(C)C1CCCCCCC1)c1ccc(Cl)cc1. The molecule has 4 nitrogen and oxygen atoms in total. The Bertz CT molecular complexity index is 566. The third kappa shape index (κ3) is 6.35. The second-order valence-electron chi connectivity index (χ2n) is 7.01. The van der Waals surface area contributed by atoms with Crippen LogP contribution in [0.25, 0.3) is 0 Å². The van der Waals surface area contributed by atoms with Crippen LogP contribution in [0.15, 0.2) is 24.3 Å². The third-order valence-electron chi connectivity index (χ3n) is 5.04. The van der Waals surface area contributed by atoms with Crippen molar-refractivity contribution in [2.24, 2.45) is 0 Å². The maximum atomic E-state index is 12.8. The minimum Gasteiger partial charge on any atom is -0.349 e. The lowest BCUT2D eigenvalue weighted by molar-refractivity contribution is -0.133. The Kier molecular flexibility index (Phi) is 7.76. The van der Waals surface area contributed by atoms with Gasteiger partial charge in [0.05, 0.1) is 12.5 Å². The summed E-state index contributed by atoms with van der Waals surface area (Å²) >= 11 is 5.95. The number of nitrogens with zero attached hydrogens (tertiary/aromatic N) is 1. The average molecular weight is 365 g/mol. The Balaban J connectivity index is 2.04. The van der Waals surface area contributed by atoms with Gasteiger partial charge in [0, 0.05) is 25.0 Å². The van der Waals surface area contributed by atoms with E-state index in [1.165, 1.54) is 39.0 Å². The van der Waals surface area contributed by atoms with Gasteiger partial charge < -0.3 is 10.2 Å². The van der Waals surface area contributed by atoms with Gasteiger partial charge in [-0.15, -0.1) is 0 Å². The second kappa shape index (κ2) is 9.81. The number of carbonyl (C=O) groups excluding carboxylic acids is 2. The van der Waals surface area contributed by atoms with Crippen molar-refractivity contribution in [3.05, 3.63) is 34.9 Å². The van der Waals surface area contributed by atoms with E-state index in [-0.39, 0.29) is 24.3 Å². The van der Waals surface area contributed by atoms with Gasteiger partial charge in [-0.3, -0.25) is 9.59 Å². The van der Waals surface area contributed by atoms with Crippen LogP contribution in [0.2, 0.25) is 5.02 Å². The quantitative estimate of drug-likeness (QED) is 0.837. The fraction of sp³-hybridized carbons (Fsp3) is 0.600. The average Bonchev–Trinajstić information content (AvgIpc) is 2.53. The number of benzene rings is 1. The highest BCUT2D eigenvalue weighted by molar-refractivity contribution is 6.30. The van der Waals surface area contributed by atoms with Crippen molar-refractivity contribution in [1.82, 2.24) is 10.2 Å². The van der Waals surface area contributed by atoms with Gasteiger partial charge in [0.15, 0.2) is 0 Å². The minimum atomic E-state index is -0.321. The van der Waals surface area contributed by atoms with Crippen LogP contribution in [0.1, 0.15) is 69.9 Å². The van der Waals surface area contributed by atoms with Crippen molar-refractivity contribution < 1.29 is 9.59 Å². The molecule has 2 amide bonds. The maximum absolute atomic E-state index is 12.8. The van der Waals surface area contributed by atoms with E-state index in [0.29, 0.717) is 11.1 Å². The smallest absolute Gasteiger partial charge is 0.224 e. The number of hydrogen-bond acceptors (Lipinski definition) is 2. The lowest BCUT2D eigenvalue weighted by atomic mass is 9.95. The molecule has 1 N–H and O–H groups in total. The van der Waals surface area contributed by atoms with Crippen LogP contribution in [0.3, 0.4) is 0 Å². The summed E-state index contributed by atoms with van der Waals surface area (Å²) in [5, 5.41) is 3.54. The van der Waals surface area contributed by atoms with Crippen LogP contribution < -0.4 is 5.32 Å². The molecule has 1 aromatic carbocycles. The van der Waals surface area contributed by atoms with Crippen molar-refractivity contribution >= 4 is 23.4 Å². The molecule has 138 valence electrons. The van der Waals surface area contributed by atoms with Crippen LogP contribution >= 0.6 is 11.6 Å². The Hall–Kier alpha value is -1.55. The van der Waals surface area contributed by atoms with Gasteiger partial charge in [0.25, 0.3) is 0 Å². The van der Waals surface area contributed by atoms with Gasteiger partial charge in [-0.25, -0.2) is 0 Å². The molecule has 1 aliphatic carbocycles. The summed E-state index contributed by atoms with van der Waals surface area (Å²) in [4.78, 5) is 26.3. The zero-order chi connectivity index (χ0) is 18.2. The molecular formula is C20H29ClN2O2. The van der Waals surface area contributed by atoms with Crippen molar-refractivity contribution in [2.45, 2.75) is 70.4 Å². The van der Waals surface area contributed by atoms with Gasteiger partial charge >= 0.3 is 0 Å². The summed E-state index contributed by atoms with van der Waals surface area (Å²) in [7, 11) is 1.90. The first-order chi connectivity index (χ1) is 12.0. The second-order valence-corrected chi connectivity index (χ2v) is 7.45. The first-order valence-corrected chi connectivity index (χ1v) is 9.63. The molecule has 0 spiro atoms. The van der Waals surface area contributed by atoms with Crippen molar-refractivity contribution in [2.75, 3.05) is 7.05 Å². The van der Waals surface area contributed by atoms with Gasteiger partial charge in [-0.05, 0) is 30.5 Å². The molecule has 0 bridgehead atoms. The van der Waals surface area contributed by atoms with E-state index in [0.717, 1.165) is 18.4 Å². The van der Waals surface area contributed by atoms with Crippen LogP contribution in [-0.2, 0) is 9.59 Å². The van der Waals surface area contributed by atoms with Gasteiger partial charge in [-0.2, -0.15) is 0 Å². The summed E-state index contributed by atoms with van der Waals surface area (Å²) in [5.74, 6) is -0.0550. The molecule has 1 saturated carbocycles. The van der Waals surface area contributed by atoms with E-state index in [9.17, 15) is 9.59 Å². The summed E-state index contributed by atoms with van der Waals surface area (Å²) in [6, 6.07) is 7.30. The monoisotopic (exact) mass is 364 g/mol. The number of nitrogens with one attached hydrogen (secondary N) is 1. The predicted molar refractivity (Wildman–Crippen MR) is 102 cm³/mol. The number of hydrogen-bond donors (Lipinski definition) is 1. The molecule has 0 radical (unpaired) electrons. The molecule has 25 heavy (non-hydrogen) atoms. The molecule has 2 rings (SSSR count). The molecule has 0 heterocycles. The first kappa shape index (κ1) is 19.8. The predicted octanol–water partition coefficient (Wildman–Crippen LogP) is 4.48. The molecular weight excluding hydrogens is 336 g/mol. The van der Waals surface area contributed by atoms with E-state index in [1.54, 1.807) is 12.1 Å². The van der Waals surface area contributed by atoms with Crippen LogP contribution in [0.5, 0.6) is 0 Å². The summed E-state index contributed by atoms with van der Waals surface area (Å²) < 4.78 is 0. The standard InChI is InChI=1S/C20H29ClN2O2/c1-15(24)22-19(16-10-12-17(21)13-11-16)14-20(25)23(2)18-8-6-4-3-5-7-9-18/h10-13,18-19H,3-9,14H2,1-2H3,(H,22,24)/t19-/m1/s1. The molecule has 5 heteroatoms. The van der Waals surface area contributed by atoms with E-state index in [2.05, 4.69) is 5.32 Å². The van der Waals surface area contributed by atoms with Gasteiger partial charge in [0.1, 0.15) is 0 Å². The number of carbonyl (C=O) groups is 2. The van der Waals surface area contributed by atoms with Crippen molar-refractivity contribution in [3.8, 4) is 0 Å². The van der Waals surface area contributed by atoms with Crippen LogP contribution in [0.4, 0.5) is 0 Å². The van der Waals surface area contributed by atoms with Crippen molar-refractivity contribution in [1.29, 1.82) is 0 Å². The molecule has 0 saturated heterocycles. The topological polar surface area (TPSA) is 49.4 Å². The molecule has 1 aliphatic rings. The van der Waals surface area contributed by atoms with E-state index < -0.39 is 0 Å². The molecule has 0 unspecified atom stereocenters. The van der Waals surface area contributed by atoms with E-state index in [4.69, 9.17) is 11.6 Å². The minimum absolute atomic E-state index is 0.0827. The summed E-state index contributed by atoms with van der Waals surface area (Å²) in [6.07, 6.45) is 8.64. The highest BCUT2D eigenvalue weighted by Crippen LogP contribution is 2.24. The Labute approximate surface area is 155 Å². The number of rotatable bonds is 5. The molecule has 1 fully saturated rings. The highest BCUT2D eigenvalue weighted by atomic mass is 35.5. The largest absolute Gasteiger partial charge is 0.349 e. The Morgan fingerprint density at radius 3 is 2.24 bits per heavy atom. The summed E-state index contributed by atoms with van der Waals surface area (Å²) in [5.41, 5.74) is 0.902. The van der Waals surface area contributed by atoms with Gasteiger partial charge in [0.2, 0.25) is 11.8 Å². The lowest BCUT2D eigenvalue weighted by Crippen LogP contribution is -2.40. The number of amides is 2. The molecule has 1 atom stereocenters. The lowest BCUT2D eigenvalue weighted by Gasteiger charge is -2.31. The van der Waals surface area contributed by atoms with Crippen molar-refractivity contribution in [3.63, 3.8) is 0 Å².